The van der Waals surface area contributed by atoms with Crippen LogP contribution in [0.15, 0.2) is 47.1 Å². The van der Waals surface area contributed by atoms with Crippen LogP contribution in [-0.2, 0) is 0 Å². The zero-order chi connectivity index (χ0) is 18.2. The van der Waals surface area contributed by atoms with Crippen LogP contribution in [0.3, 0.4) is 0 Å². The zero-order valence-corrected chi connectivity index (χ0v) is 13.5. The molecule has 1 atom stereocenters. The molecular formula is C18H15F3N2O2. The van der Waals surface area contributed by atoms with Gasteiger partial charge in [-0.15, -0.1) is 0 Å². The Bertz CT molecular complexity index is 917. The molecule has 1 unspecified atom stereocenters. The second kappa shape index (κ2) is 6.23. The molecule has 1 amide bonds. The van der Waals surface area contributed by atoms with Crippen LogP contribution in [0.1, 0.15) is 33.3 Å². The third-order valence-electron chi connectivity index (χ3n) is 3.92. The number of fused-ring (bicyclic) bond motifs is 1. The summed E-state index contributed by atoms with van der Waals surface area (Å²) in [7, 11) is 0. The van der Waals surface area contributed by atoms with Crippen molar-refractivity contribution in [2.75, 3.05) is 0 Å². The highest BCUT2D eigenvalue weighted by molar-refractivity contribution is 5.99. The van der Waals surface area contributed by atoms with Gasteiger partial charge in [0.1, 0.15) is 5.58 Å². The lowest BCUT2D eigenvalue weighted by molar-refractivity contribution is -0.155. The van der Waals surface area contributed by atoms with Crippen molar-refractivity contribution in [2.24, 2.45) is 0 Å². The second-order valence-electron chi connectivity index (χ2n) is 5.79. The summed E-state index contributed by atoms with van der Waals surface area (Å²) in [6.45, 7) is 3.53. The highest BCUT2D eigenvalue weighted by Gasteiger charge is 2.42. The Morgan fingerprint density at radius 3 is 2.64 bits per heavy atom. The molecule has 2 heterocycles. The minimum absolute atomic E-state index is 0.126. The van der Waals surface area contributed by atoms with Crippen molar-refractivity contribution in [2.45, 2.75) is 26.1 Å². The van der Waals surface area contributed by atoms with Gasteiger partial charge in [-0.1, -0.05) is 17.7 Å². The predicted molar refractivity (Wildman–Crippen MR) is 86.2 cm³/mol. The number of aromatic nitrogens is 1. The molecule has 0 saturated heterocycles. The molecule has 0 aliphatic carbocycles. The van der Waals surface area contributed by atoms with Gasteiger partial charge in [0.2, 0.25) is 0 Å². The van der Waals surface area contributed by atoms with Gasteiger partial charge in [0, 0.05) is 28.9 Å². The number of hydrogen-bond acceptors (Lipinski definition) is 3. The fraction of sp³-hybridized carbons (Fsp3) is 0.222. The minimum atomic E-state index is -4.66. The van der Waals surface area contributed by atoms with E-state index in [0.29, 0.717) is 16.5 Å². The number of alkyl halides is 3. The summed E-state index contributed by atoms with van der Waals surface area (Å²) in [5.41, 5.74) is 1.78. The van der Waals surface area contributed by atoms with Crippen molar-refractivity contribution < 1.29 is 22.4 Å². The van der Waals surface area contributed by atoms with Crippen LogP contribution in [0, 0.1) is 13.8 Å². The smallest absolute Gasteiger partial charge is 0.412 e. The summed E-state index contributed by atoms with van der Waals surface area (Å²) in [6, 6.07) is 5.81. The number of carbonyl (C=O) groups is 1. The molecule has 0 aliphatic heterocycles. The zero-order valence-electron chi connectivity index (χ0n) is 13.5. The normalized spacial score (nSPS) is 13.0. The number of halogens is 3. The summed E-state index contributed by atoms with van der Waals surface area (Å²) >= 11 is 0. The molecule has 1 aromatic carbocycles. The lowest BCUT2D eigenvalue weighted by Crippen LogP contribution is -2.38. The van der Waals surface area contributed by atoms with Crippen LogP contribution in [0.25, 0.3) is 11.0 Å². The monoisotopic (exact) mass is 348 g/mol. The lowest BCUT2D eigenvalue weighted by atomic mass is 10.1. The van der Waals surface area contributed by atoms with E-state index in [4.69, 9.17) is 4.42 Å². The van der Waals surface area contributed by atoms with Gasteiger partial charge < -0.3 is 9.73 Å². The largest absolute Gasteiger partial charge is 0.451 e. The van der Waals surface area contributed by atoms with Gasteiger partial charge in [-0.25, -0.2) is 0 Å². The first-order chi connectivity index (χ1) is 11.8. The molecule has 2 aromatic heterocycles. The molecule has 130 valence electrons. The van der Waals surface area contributed by atoms with Crippen LogP contribution in [0.5, 0.6) is 0 Å². The van der Waals surface area contributed by atoms with E-state index in [9.17, 15) is 18.0 Å². The molecule has 0 bridgehead atoms. The average molecular weight is 348 g/mol. The molecule has 3 rings (SSSR count). The molecule has 0 fully saturated rings. The Morgan fingerprint density at radius 2 is 2.00 bits per heavy atom. The van der Waals surface area contributed by atoms with E-state index in [1.165, 1.54) is 18.3 Å². The van der Waals surface area contributed by atoms with Gasteiger partial charge in [-0.3, -0.25) is 9.78 Å². The van der Waals surface area contributed by atoms with Gasteiger partial charge in [0.15, 0.2) is 11.8 Å². The van der Waals surface area contributed by atoms with Crippen molar-refractivity contribution in [3.05, 3.63) is 65.2 Å². The number of nitrogens with one attached hydrogen (secondary N) is 1. The maximum Gasteiger partial charge on any atom is 0.412 e. The van der Waals surface area contributed by atoms with E-state index in [0.717, 1.165) is 11.8 Å². The van der Waals surface area contributed by atoms with Crippen LogP contribution in [0.2, 0.25) is 0 Å². The number of nitrogens with zero attached hydrogens (tertiary/aromatic N) is 1. The summed E-state index contributed by atoms with van der Waals surface area (Å²) in [4.78, 5) is 16.1. The lowest BCUT2D eigenvalue weighted by Gasteiger charge is -2.21. The molecule has 1 N–H and O–H groups in total. The highest BCUT2D eigenvalue weighted by atomic mass is 19.4. The van der Waals surface area contributed by atoms with Crippen LogP contribution in [0.4, 0.5) is 13.2 Å². The van der Waals surface area contributed by atoms with E-state index in [1.54, 1.807) is 19.1 Å². The Morgan fingerprint density at radius 1 is 1.24 bits per heavy atom. The quantitative estimate of drug-likeness (QED) is 0.759. The molecular weight excluding hydrogens is 333 g/mol. The minimum Gasteiger partial charge on any atom is -0.451 e. The van der Waals surface area contributed by atoms with Crippen molar-refractivity contribution in [1.29, 1.82) is 0 Å². The third-order valence-corrected chi connectivity index (χ3v) is 3.92. The van der Waals surface area contributed by atoms with Gasteiger partial charge in [-0.2, -0.15) is 13.2 Å². The van der Waals surface area contributed by atoms with Gasteiger partial charge in [-0.05, 0) is 32.0 Å². The van der Waals surface area contributed by atoms with E-state index in [2.05, 4.69) is 4.98 Å². The number of furan rings is 1. The Hall–Kier alpha value is -2.83. The number of pyridine rings is 1. The third kappa shape index (κ3) is 3.35. The molecule has 0 saturated carbocycles. The van der Waals surface area contributed by atoms with Crippen molar-refractivity contribution >= 4 is 16.9 Å². The molecule has 7 heteroatoms. The Balaban J connectivity index is 1.96. The van der Waals surface area contributed by atoms with Crippen LogP contribution >= 0.6 is 0 Å². The van der Waals surface area contributed by atoms with E-state index >= 15 is 0 Å². The molecule has 25 heavy (non-hydrogen) atoms. The van der Waals surface area contributed by atoms with Crippen LogP contribution < -0.4 is 5.32 Å². The number of benzene rings is 1. The Labute approximate surface area is 141 Å². The first kappa shape index (κ1) is 17.0. The molecule has 0 spiro atoms. The number of hydrogen-bond donors (Lipinski definition) is 1. The summed E-state index contributed by atoms with van der Waals surface area (Å²) in [6.07, 6.45) is -2.22. The number of rotatable bonds is 3. The standard InChI is InChI=1S/C18H15F3N2O2/c1-10-5-6-14-13(8-10)11(2)15(25-14)17(24)23-16(18(19,20)21)12-4-3-7-22-9-12/h3-9,16H,1-2H3,(H,23,24). The van der Waals surface area contributed by atoms with E-state index in [-0.39, 0.29) is 11.3 Å². The SMILES string of the molecule is Cc1ccc2oc(C(=O)NC(c3cccnc3)C(F)(F)F)c(C)c2c1. The highest BCUT2D eigenvalue weighted by Crippen LogP contribution is 2.33. The molecule has 0 radical (unpaired) electrons. The average Bonchev–Trinajstić information content (AvgIpc) is 2.89. The predicted octanol–water partition coefficient (Wildman–Crippen LogP) is 4.48. The topological polar surface area (TPSA) is 55.1 Å². The maximum absolute atomic E-state index is 13.4. The fourth-order valence-corrected chi connectivity index (χ4v) is 2.65. The van der Waals surface area contributed by atoms with E-state index in [1.807, 2.05) is 18.3 Å². The van der Waals surface area contributed by atoms with Crippen molar-refractivity contribution in [1.82, 2.24) is 10.3 Å². The number of carbonyl (C=O) groups excluding carboxylic acids is 1. The summed E-state index contributed by atoms with van der Waals surface area (Å²) in [5.74, 6) is -1.05. The van der Waals surface area contributed by atoms with Gasteiger partial charge in [0.25, 0.3) is 5.91 Å². The number of aryl methyl sites for hydroxylation is 2. The molecule has 4 nitrogen and oxygen atoms in total. The first-order valence-electron chi connectivity index (χ1n) is 7.54. The van der Waals surface area contributed by atoms with Crippen LogP contribution in [-0.4, -0.2) is 17.1 Å². The first-order valence-corrected chi connectivity index (χ1v) is 7.54. The maximum atomic E-state index is 13.4. The van der Waals surface area contributed by atoms with Crippen molar-refractivity contribution in [3.63, 3.8) is 0 Å². The molecule has 0 aliphatic rings. The van der Waals surface area contributed by atoms with Crippen molar-refractivity contribution in [3.8, 4) is 0 Å². The van der Waals surface area contributed by atoms with E-state index < -0.39 is 18.1 Å². The number of amides is 1. The fourth-order valence-electron chi connectivity index (χ4n) is 2.65. The summed E-state index contributed by atoms with van der Waals surface area (Å²) < 4.78 is 45.6. The summed E-state index contributed by atoms with van der Waals surface area (Å²) in [5, 5.41) is 2.71. The molecule has 3 aromatic rings. The van der Waals surface area contributed by atoms with Gasteiger partial charge >= 0.3 is 6.18 Å². The second-order valence-corrected chi connectivity index (χ2v) is 5.79. The van der Waals surface area contributed by atoms with Gasteiger partial charge in [0.05, 0.1) is 0 Å². The Kier molecular flexibility index (Phi) is 4.24.